The first-order valence-corrected chi connectivity index (χ1v) is 5.18. The van der Waals surface area contributed by atoms with E-state index in [4.69, 9.17) is 10.9 Å². The number of phenolic OH excluding ortho intramolecular Hbond substituents is 1. The van der Waals surface area contributed by atoms with Crippen molar-refractivity contribution in [3.63, 3.8) is 0 Å². The average Bonchev–Trinajstić information content (AvgIpc) is 2.32. The molecule has 0 aliphatic heterocycles. The summed E-state index contributed by atoms with van der Waals surface area (Å²) in [6.45, 7) is 0. The first kappa shape index (κ1) is 13.9. The normalized spacial score (nSPS) is 11.8. The molecule has 9 nitrogen and oxygen atoms in total. The summed E-state index contributed by atoms with van der Waals surface area (Å²) in [6.07, 6.45) is 1.05. The number of nitro benzene ring substituents is 1. The molecule has 1 aromatic rings. The Morgan fingerprint density at radius 3 is 2.83 bits per heavy atom. The molecule has 0 fully saturated rings. The Bertz CT molecular complexity index is 530. The molecule has 10 heteroatoms. The average molecular weight is 318 g/mol. The van der Waals surface area contributed by atoms with Gasteiger partial charge >= 0.3 is 5.69 Å². The third-order valence-corrected chi connectivity index (χ3v) is 2.22. The Balaban J connectivity index is 3.14. The van der Waals surface area contributed by atoms with E-state index in [1.54, 1.807) is 5.48 Å². The first-order valence-electron chi connectivity index (χ1n) is 4.39. The van der Waals surface area contributed by atoms with Gasteiger partial charge in [0.1, 0.15) is 0 Å². The lowest BCUT2D eigenvalue weighted by atomic mass is 10.2. The molecule has 0 aromatic heterocycles. The molecule has 1 rings (SSSR count). The van der Waals surface area contributed by atoms with Crippen molar-refractivity contribution in [1.29, 1.82) is 0 Å². The topological polar surface area (TPSA) is 146 Å². The van der Waals surface area contributed by atoms with Gasteiger partial charge in [0, 0.05) is 16.1 Å². The second kappa shape index (κ2) is 5.93. The summed E-state index contributed by atoms with van der Waals surface area (Å²) in [4.78, 5) is 9.91. The van der Waals surface area contributed by atoms with Gasteiger partial charge in [-0.1, -0.05) is 15.9 Å². The van der Waals surface area contributed by atoms with E-state index in [1.807, 2.05) is 0 Å². The zero-order valence-corrected chi connectivity index (χ0v) is 10.3. The number of halogens is 1. The van der Waals surface area contributed by atoms with Crippen molar-refractivity contribution in [1.82, 2.24) is 5.48 Å². The van der Waals surface area contributed by atoms with Gasteiger partial charge in [-0.3, -0.25) is 15.3 Å². The van der Waals surface area contributed by atoms with Gasteiger partial charge < -0.3 is 10.8 Å². The number of rotatable bonds is 3. The van der Waals surface area contributed by atoms with Crippen molar-refractivity contribution in [2.45, 2.75) is 0 Å². The van der Waals surface area contributed by atoms with E-state index in [9.17, 15) is 15.2 Å². The van der Waals surface area contributed by atoms with Crippen molar-refractivity contribution >= 4 is 33.8 Å². The van der Waals surface area contributed by atoms with Gasteiger partial charge in [0.2, 0.25) is 11.7 Å². The molecular formula is C8H8BrN5O4. The summed E-state index contributed by atoms with van der Waals surface area (Å²) in [5, 5.41) is 35.3. The smallest absolute Gasteiger partial charge is 0.312 e. The highest BCUT2D eigenvalue weighted by molar-refractivity contribution is 9.10. The maximum absolute atomic E-state index is 10.6. The van der Waals surface area contributed by atoms with Gasteiger partial charge in [0.05, 0.1) is 11.1 Å². The van der Waals surface area contributed by atoms with E-state index >= 15 is 0 Å². The fraction of sp³-hybridized carbons (Fsp3) is 0. The molecular weight excluding hydrogens is 310 g/mol. The SMILES string of the molecule is N/C(=N\N=C\c1cc(Br)cc([N+](=O)[O-])c1O)NO. The van der Waals surface area contributed by atoms with Crippen LogP contribution in [0.5, 0.6) is 5.75 Å². The number of guanidine groups is 1. The highest BCUT2D eigenvalue weighted by atomic mass is 79.9. The van der Waals surface area contributed by atoms with Gasteiger partial charge in [-0.2, -0.15) is 5.10 Å². The minimum Gasteiger partial charge on any atom is -0.502 e. The number of hydroxylamine groups is 1. The van der Waals surface area contributed by atoms with E-state index in [0.717, 1.165) is 12.3 Å². The van der Waals surface area contributed by atoms with E-state index in [-0.39, 0.29) is 11.5 Å². The quantitative estimate of drug-likeness (QED) is 0.279. The molecule has 96 valence electrons. The van der Waals surface area contributed by atoms with Crippen LogP contribution in [-0.2, 0) is 0 Å². The van der Waals surface area contributed by atoms with Crippen molar-refractivity contribution < 1.29 is 15.2 Å². The van der Waals surface area contributed by atoms with Gasteiger partial charge in [-0.15, -0.1) is 5.10 Å². The van der Waals surface area contributed by atoms with Crippen LogP contribution in [0.4, 0.5) is 5.69 Å². The van der Waals surface area contributed by atoms with E-state index in [0.29, 0.717) is 4.47 Å². The van der Waals surface area contributed by atoms with E-state index < -0.39 is 16.4 Å². The Hall–Kier alpha value is -2.20. The third-order valence-electron chi connectivity index (χ3n) is 1.76. The number of nitrogens with two attached hydrogens (primary N) is 1. The highest BCUT2D eigenvalue weighted by Crippen LogP contribution is 2.32. The minimum absolute atomic E-state index is 0.0746. The summed E-state index contributed by atoms with van der Waals surface area (Å²) in [7, 11) is 0. The zero-order chi connectivity index (χ0) is 13.7. The predicted octanol–water partition coefficient (Wildman–Crippen LogP) is 0.690. The van der Waals surface area contributed by atoms with Crippen LogP contribution in [0.2, 0.25) is 0 Å². The number of nitro groups is 1. The number of nitrogens with zero attached hydrogens (tertiary/aromatic N) is 3. The Morgan fingerprint density at radius 2 is 2.28 bits per heavy atom. The van der Waals surface area contributed by atoms with Crippen LogP contribution in [0, 0.1) is 10.1 Å². The van der Waals surface area contributed by atoms with Crippen LogP contribution in [0.3, 0.4) is 0 Å². The van der Waals surface area contributed by atoms with Gasteiger partial charge in [0.15, 0.2) is 0 Å². The third kappa shape index (κ3) is 3.40. The number of benzene rings is 1. The highest BCUT2D eigenvalue weighted by Gasteiger charge is 2.17. The largest absolute Gasteiger partial charge is 0.502 e. The van der Waals surface area contributed by atoms with Gasteiger partial charge in [-0.05, 0) is 6.07 Å². The Morgan fingerprint density at radius 1 is 1.61 bits per heavy atom. The van der Waals surface area contributed by atoms with E-state index in [1.165, 1.54) is 6.07 Å². The van der Waals surface area contributed by atoms with Crippen molar-refractivity contribution in [3.05, 3.63) is 32.3 Å². The van der Waals surface area contributed by atoms with Crippen molar-refractivity contribution in [3.8, 4) is 5.75 Å². The van der Waals surface area contributed by atoms with Gasteiger partial charge in [0.25, 0.3) is 0 Å². The van der Waals surface area contributed by atoms with Crippen LogP contribution in [-0.4, -0.2) is 27.4 Å². The fourth-order valence-electron chi connectivity index (χ4n) is 1.02. The van der Waals surface area contributed by atoms with E-state index in [2.05, 4.69) is 26.1 Å². The number of hydrogen-bond acceptors (Lipinski definition) is 6. The lowest BCUT2D eigenvalue weighted by molar-refractivity contribution is -0.385. The number of nitrogens with one attached hydrogen (secondary N) is 1. The summed E-state index contributed by atoms with van der Waals surface area (Å²) >= 11 is 3.06. The molecule has 0 heterocycles. The standard InChI is InChI=1S/C8H8BrN5O4/c9-5-1-4(3-11-12-8(10)13-16)7(15)6(2-5)14(17)18/h1-3,15-16H,(H3,10,12,13)/b11-3+. The lowest BCUT2D eigenvalue weighted by Crippen LogP contribution is -2.27. The molecule has 0 saturated heterocycles. The fourth-order valence-corrected chi connectivity index (χ4v) is 1.48. The van der Waals surface area contributed by atoms with Crippen LogP contribution < -0.4 is 11.2 Å². The summed E-state index contributed by atoms with van der Waals surface area (Å²) in [5.74, 6) is -0.909. The molecule has 18 heavy (non-hydrogen) atoms. The molecule has 0 spiro atoms. The lowest BCUT2D eigenvalue weighted by Gasteiger charge is -2.00. The van der Waals surface area contributed by atoms with Crippen LogP contribution >= 0.6 is 15.9 Å². The summed E-state index contributed by atoms with van der Waals surface area (Å²) in [6, 6.07) is 2.56. The molecule has 0 atom stereocenters. The maximum atomic E-state index is 10.6. The Kier molecular flexibility index (Phi) is 4.57. The predicted molar refractivity (Wildman–Crippen MR) is 66.6 cm³/mol. The molecule has 0 unspecified atom stereocenters. The number of aromatic hydroxyl groups is 1. The summed E-state index contributed by atoms with van der Waals surface area (Å²) < 4.78 is 0.394. The molecule has 0 amide bonds. The minimum atomic E-state index is -0.732. The molecule has 5 N–H and O–H groups in total. The molecule has 0 aliphatic rings. The zero-order valence-electron chi connectivity index (χ0n) is 8.74. The van der Waals surface area contributed by atoms with Gasteiger partial charge in [-0.25, -0.2) is 5.48 Å². The van der Waals surface area contributed by atoms with Crippen molar-refractivity contribution in [2.24, 2.45) is 15.9 Å². The number of phenols is 1. The molecule has 0 aliphatic carbocycles. The summed E-state index contributed by atoms with van der Waals surface area (Å²) in [5.41, 5.74) is 6.22. The molecule has 0 bridgehead atoms. The van der Waals surface area contributed by atoms with Crippen LogP contribution in [0.1, 0.15) is 5.56 Å². The maximum Gasteiger partial charge on any atom is 0.312 e. The molecule has 0 saturated carbocycles. The first-order chi connectivity index (χ1) is 8.45. The molecule has 0 radical (unpaired) electrons. The second-order valence-electron chi connectivity index (χ2n) is 2.96. The monoisotopic (exact) mass is 317 g/mol. The number of hydrogen-bond donors (Lipinski definition) is 4. The Labute approximate surface area is 109 Å². The van der Waals surface area contributed by atoms with Crippen molar-refractivity contribution in [2.75, 3.05) is 0 Å². The molecule has 1 aromatic carbocycles. The van der Waals surface area contributed by atoms with Crippen LogP contribution in [0.15, 0.2) is 26.8 Å². The second-order valence-corrected chi connectivity index (χ2v) is 3.88. The van der Waals surface area contributed by atoms with Crippen LogP contribution in [0.25, 0.3) is 0 Å².